The highest BCUT2D eigenvalue weighted by Crippen LogP contribution is 1.99. The van der Waals surface area contributed by atoms with E-state index in [1.807, 2.05) is 0 Å². The number of nitrogens with two attached hydrogens (primary N) is 2. The highest BCUT2D eigenvalue weighted by molar-refractivity contribution is 5.80. The molecule has 0 saturated heterocycles. The average Bonchev–Trinajstić information content (AvgIpc) is 2.02. The van der Waals surface area contributed by atoms with Gasteiger partial charge in [0.15, 0.2) is 0 Å². The van der Waals surface area contributed by atoms with Gasteiger partial charge in [0.05, 0.1) is 0 Å². The van der Waals surface area contributed by atoms with Gasteiger partial charge < -0.3 is 16.8 Å². The molecule has 0 aromatic carbocycles. The van der Waals surface area contributed by atoms with E-state index in [9.17, 15) is 9.59 Å². The summed E-state index contributed by atoms with van der Waals surface area (Å²) in [6.45, 7) is 0. The van der Waals surface area contributed by atoms with Crippen LogP contribution >= 0.6 is 0 Å². The molecule has 0 aromatic rings. The normalized spacial score (nSPS) is 11.3. The molecule has 0 heterocycles. The highest BCUT2D eigenvalue weighted by Gasteiger charge is 2.12. The van der Waals surface area contributed by atoms with Crippen LogP contribution in [0.5, 0.6) is 0 Å². The van der Waals surface area contributed by atoms with Gasteiger partial charge in [0.25, 0.3) is 0 Å². The molecule has 0 spiro atoms. The van der Waals surface area contributed by atoms with Crippen molar-refractivity contribution >= 4 is 11.8 Å². The zero-order valence-corrected chi connectivity index (χ0v) is 7.25. The highest BCUT2D eigenvalue weighted by atomic mass is 16.1. The van der Waals surface area contributed by atoms with E-state index >= 15 is 0 Å². The number of nitrogens with one attached hydrogen (secondary N) is 1. The van der Waals surface area contributed by atoms with E-state index in [0.29, 0.717) is 12.8 Å². The molecule has 0 aliphatic rings. The number of hydrogen-bond donors (Lipinski definition) is 3. The molecule has 0 aromatic heterocycles. The Morgan fingerprint density at radius 1 is 1.46 bits per heavy atom. The number of carbonyl (C=O) groups excluding carboxylic acids is 2. The van der Waals surface area contributed by atoms with Crippen LogP contribution in [0.1, 0.15) is 19.3 Å². The molecule has 2 amide bonds. The Bertz CT molecular complexity index is 232. The van der Waals surface area contributed by atoms with Gasteiger partial charge >= 0.3 is 0 Å². The minimum atomic E-state index is -0.579. The third-order valence-corrected chi connectivity index (χ3v) is 1.52. The second kappa shape index (κ2) is 5.89. The van der Waals surface area contributed by atoms with Crippen LogP contribution in [0.4, 0.5) is 0 Å². The van der Waals surface area contributed by atoms with Crippen molar-refractivity contribution in [2.24, 2.45) is 11.5 Å². The van der Waals surface area contributed by atoms with Crippen molar-refractivity contribution in [3.8, 4) is 12.5 Å². The molecule has 5 nitrogen and oxygen atoms in total. The van der Waals surface area contributed by atoms with E-state index < -0.39 is 17.9 Å². The van der Waals surface area contributed by atoms with E-state index in [0.717, 1.165) is 0 Å². The smallest absolute Gasteiger partial charge is 0.240 e. The Morgan fingerprint density at radius 2 is 2.08 bits per heavy atom. The SMILES string of the molecule is C#CNC(CCCC(N)=O)C(N)=O. The van der Waals surface area contributed by atoms with Gasteiger partial charge in [-0.15, -0.1) is 0 Å². The lowest BCUT2D eigenvalue weighted by Crippen LogP contribution is -2.38. The van der Waals surface area contributed by atoms with E-state index in [1.54, 1.807) is 0 Å². The van der Waals surface area contributed by atoms with Crippen LogP contribution in [-0.4, -0.2) is 17.9 Å². The van der Waals surface area contributed by atoms with E-state index in [4.69, 9.17) is 17.9 Å². The average molecular weight is 183 g/mol. The lowest BCUT2D eigenvalue weighted by molar-refractivity contribution is -0.121. The van der Waals surface area contributed by atoms with Crippen molar-refractivity contribution in [3.63, 3.8) is 0 Å². The molecule has 1 unspecified atom stereocenters. The first kappa shape index (κ1) is 11.3. The zero-order valence-electron chi connectivity index (χ0n) is 7.25. The Labute approximate surface area is 76.8 Å². The van der Waals surface area contributed by atoms with Gasteiger partial charge in [0.2, 0.25) is 11.8 Å². The van der Waals surface area contributed by atoms with Gasteiger partial charge in [0, 0.05) is 12.5 Å². The fourth-order valence-corrected chi connectivity index (χ4v) is 0.867. The topological polar surface area (TPSA) is 98.2 Å². The predicted octanol–water partition coefficient (Wildman–Crippen LogP) is -1.32. The molecule has 0 saturated carbocycles. The molecule has 5 N–H and O–H groups in total. The molecular formula is C8H13N3O2. The number of carbonyl (C=O) groups is 2. The van der Waals surface area contributed by atoms with Crippen LogP contribution in [0.3, 0.4) is 0 Å². The van der Waals surface area contributed by atoms with Crippen LogP contribution in [0.2, 0.25) is 0 Å². The maximum atomic E-state index is 10.7. The summed E-state index contributed by atoms with van der Waals surface area (Å²) < 4.78 is 0. The number of primary amides is 2. The monoisotopic (exact) mass is 183 g/mol. The van der Waals surface area contributed by atoms with Crippen molar-refractivity contribution in [1.82, 2.24) is 5.32 Å². The molecule has 0 fully saturated rings. The Morgan fingerprint density at radius 3 is 2.46 bits per heavy atom. The number of rotatable bonds is 6. The molecule has 0 bridgehead atoms. The summed E-state index contributed by atoms with van der Waals surface area (Å²) in [7, 11) is 0. The van der Waals surface area contributed by atoms with Gasteiger partial charge in [-0.3, -0.25) is 9.59 Å². The largest absolute Gasteiger partial charge is 0.370 e. The summed E-state index contributed by atoms with van der Waals surface area (Å²) in [5.74, 6) is -0.925. The van der Waals surface area contributed by atoms with Crippen molar-refractivity contribution in [1.29, 1.82) is 0 Å². The molecule has 5 heteroatoms. The fourth-order valence-electron chi connectivity index (χ4n) is 0.867. The lowest BCUT2D eigenvalue weighted by atomic mass is 10.1. The zero-order chi connectivity index (χ0) is 10.3. The van der Waals surface area contributed by atoms with Gasteiger partial charge in [-0.1, -0.05) is 6.42 Å². The Kier molecular flexibility index (Phi) is 5.12. The second-order valence-corrected chi connectivity index (χ2v) is 2.60. The van der Waals surface area contributed by atoms with Gasteiger partial charge in [-0.05, 0) is 12.8 Å². The molecule has 0 rings (SSSR count). The van der Waals surface area contributed by atoms with Crippen molar-refractivity contribution < 1.29 is 9.59 Å². The maximum Gasteiger partial charge on any atom is 0.240 e. The minimum Gasteiger partial charge on any atom is -0.370 e. The standard InChI is InChI=1S/C8H13N3O2/c1-2-11-6(8(10)13)4-3-5-7(9)12/h1,6,11H,3-5H2,(H2,9,12)(H2,10,13). The molecule has 72 valence electrons. The third kappa shape index (κ3) is 5.56. The first-order chi connectivity index (χ1) is 6.07. The number of amides is 2. The van der Waals surface area contributed by atoms with Crippen LogP contribution in [0.25, 0.3) is 0 Å². The molecular weight excluding hydrogens is 170 g/mol. The Balaban J connectivity index is 3.77. The summed E-state index contributed by atoms with van der Waals surface area (Å²) in [5.41, 5.74) is 9.94. The van der Waals surface area contributed by atoms with Crippen molar-refractivity contribution in [3.05, 3.63) is 0 Å². The van der Waals surface area contributed by atoms with Crippen LogP contribution < -0.4 is 16.8 Å². The van der Waals surface area contributed by atoms with Crippen LogP contribution in [-0.2, 0) is 9.59 Å². The summed E-state index contributed by atoms with van der Waals surface area (Å²) >= 11 is 0. The lowest BCUT2D eigenvalue weighted by Gasteiger charge is -2.10. The fraction of sp³-hybridized carbons (Fsp3) is 0.500. The van der Waals surface area contributed by atoms with Gasteiger partial charge in [0.1, 0.15) is 6.04 Å². The third-order valence-electron chi connectivity index (χ3n) is 1.52. The molecule has 13 heavy (non-hydrogen) atoms. The predicted molar refractivity (Wildman–Crippen MR) is 48.0 cm³/mol. The summed E-state index contributed by atoms with van der Waals surface area (Å²) in [6, 6.07) is 1.54. The maximum absolute atomic E-state index is 10.7. The quantitative estimate of drug-likeness (QED) is 0.351. The van der Waals surface area contributed by atoms with Crippen molar-refractivity contribution in [2.45, 2.75) is 25.3 Å². The molecule has 0 aliphatic heterocycles. The summed E-state index contributed by atoms with van der Waals surface area (Å²) in [5, 5.41) is 2.46. The van der Waals surface area contributed by atoms with Crippen LogP contribution in [0.15, 0.2) is 0 Å². The van der Waals surface area contributed by atoms with E-state index in [2.05, 4.69) is 11.4 Å². The van der Waals surface area contributed by atoms with Gasteiger partial charge in [-0.2, -0.15) is 0 Å². The summed E-state index contributed by atoms with van der Waals surface area (Å²) in [6.07, 6.45) is 6.09. The van der Waals surface area contributed by atoms with Crippen molar-refractivity contribution in [2.75, 3.05) is 0 Å². The van der Waals surface area contributed by atoms with Crippen LogP contribution in [0, 0.1) is 12.5 Å². The number of terminal acetylenes is 1. The number of hydrogen-bond acceptors (Lipinski definition) is 3. The van der Waals surface area contributed by atoms with E-state index in [1.165, 1.54) is 0 Å². The van der Waals surface area contributed by atoms with E-state index in [-0.39, 0.29) is 6.42 Å². The minimum absolute atomic E-state index is 0.232. The first-order valence-electron chi connectivity index (χ1n) is 3.86. The summed E-state index contributed by atoms with van der Waals surface area (Å²) in [4.78, 5) is 21.1. The molecule has 0 radical (unpaired) electrons. The second-order valence-electron chi connectivity index (χ2n) is 2.60. The Hall–Kier alpha value is -1.70. The molecule has 0 aliphatic carbocycles. The first-order valence-corrected chi connectivity index (χ1v) is 3.86. The van der Waals surface area contributed by atoms with Gasteiger partial charge in [-0.25, -0.2) is 0 Å². The molecule has 1 atom stereocenters.